The Morgan fingerprint density at radius 1 is 1.11 bits per heavy atom. The second-order valence-corrected chi connectivity index (χ2v) is 9.59. The number of anilines is 2. The molecule has 190 valence electrons. The van der Waals surface area contributed by atoms with Crippen LogP contribution in [0.2, 0.25) is 0 Å². The molecule has 4 rings (SSSR count). The van der Waals surface area contributed by atoms with Gasteiger partial charge in [-0.25, -0.2) is 9.97 Å². The Morgan fingerprint density at radius 3 is 2.37 bits per heavy atom. The highest BCUT2D eigenvalue weighted by molar-refractivity contribution is 5.99. The van der Waals surface area contributed by atoms with Gasteiger partial charge in [-0.2, -0.15) is 0 Å². The van der Waals surface area contributed by atoms with Crippen molar-refractivity contribution in [3.8, 4) is 0 Å². The standard InChI is InChI=1S/C26H36N6O.C2H6/c1-17(2)24-15-28-25(20(5)29-24)31-12-13-32(19(4)16-31)21-8-10-30(11-9-21)26(33)22-7-6-18(3)14-23(22)27;1-2/h6-7,14-15,19,21H,1,8-13,16,27H2,2-5H3;1-2H3. The van der Waals surface area contributed by atoms with Crippen molar-refractivity contribution in [1.29, 1.82) is 0 Å². The van der Waals surface area contributed by atoms with Crippen LogP contribution in [-0.2, 0) is 0 Å². The number of nitrogens with zero attached hydrogens (tertiary/aromatic N) is 5. The summed E-state index contributed by atoms with van der Waals surface area (Å²) in [6, 6.07) is 6.60. The molecule has 2 N–H and O–H groups in total. The smallest absolute Gasteiger partial charge is 0.255 e. The molecular weight excluding hydrogens is 436 g/mol. The minimum atomic E-state index is 0.0519. The number of likely N-dealkylation sites (tertiary alicyclic amines) is 1. The van der Waals surface area contributed by atoms with Crippen LogP contribution < -0.4 is 10.6 Å². The van der Waals surface area contributed by atoms with Gasteiger partial charge in [0, 0.05) is 50.5 Å². The van der Waals surface area contributed by atoms with Crippen LogP contribution in [0.3, 0.4) is 0 Å². The number of amides is 1. The Bertz CT molecular complexity index is 1040. The molecule has 1 aromatic heterocycles. The Balaban J connectivity index is 0.00000167. The van der Waals surface area contributed by atoms with Gasteiger partial charge in [-0.15, -0.1) is 0 Å². The molecule has 0 spiro atoms. The molecule has 2 saturated heterocycles. The summed E-state index contributed by atoms with van der Waals surface area (Å²) in [6.07, 6.45) is 3.82. The second kappa shape index (κ2) is 11.7. The third kappa shape index (κ3) is 6.01. The molecule has 0 radical (unpaired) electrons. The number of carbonyl (C=O) groups excluding carboxylic acids is 1. The summed E-state index contributed by atoms with van der Waals surface area (Å²) in [6.45, 7) is 20.6. The van der Waals surface area contributed by atoms with E-state index in [9.17, 15) is 4.79 Å². The van der Waals surface area contributed by atoms with E-state index in [0.717, 1.165) is 73.9 Å². The first kappa shape index (κ1) is 26.7. The molecule has 2 fully saturated rings. The van der Waals surface area contributed by atoms with Gasteiger partial charge in [-0.3, -0.25) is 9.69 Å². The minimum Gasteiger partial charge on any atom is -0.398 e. The van der Waals surface area contributed by atoms with Gasteiger partial charge in [0.1, 0.15) is 5.82 Å². The van der Waals surface area contributed by atoms with E-state index in [4.69, 9.17) is 10.7 Å². The molecule has 35 heavy (non-hydrogen) atoms. The molecule has 0 aliphatic carbocycles. The predicted octanol–water partition coefficient (Wildman–Crippen LogP) is 4.55. The maximum absolute atomic E-state index is 13.0. The fourth-order valence-electron chi connectivity index (χ4n) is 5.15. The van der Waals surface area contributed by atoms with Crippen molar-refractivity contribution in [1.82, 2.24) is 19.8 Å². The van der Waals surface area contributed by atoms with Crippen molar-refractivity contribution in [2.75, 3.05) is 43.4 Å². The summed E-state index contributed by atoms with van der Waals surface area (Å²) in [5.74, 6) is 1.03. The number of aryl methyl sites for hydroxylation is 2. The lowest BCUT2D eigenvalue weighted by molar-refractivity contribution is 0.0526. The number of aromatic nitrogens is 2. The zero-order valence-corrected chi connectivity index (χ0v) is 22.3. The van der Waals surface area contributed by atoms with Crippen molar-refractivity contribution in [3.63, 3.8) is 0 Å². The number of piperidine rings is 1. The molecule has 1 amide bonds. The van der Waals surface area contributed by atoms with E-state index in [1.807, 2.05) is 63.9 Å². The van der Waals surface area contributed by atoms with Crippen molar-refractivity contribution in [3.05, 3.63) is 53.5 Å². The Labute approximate surface area is 211 Å². The molecular formula is C28H42N6O. The van der Waals surface area contributed by atoms with Gasteiger partial charge >= 0.3 is 0 Å². The van der Waals surface area contributed by atoms with Crippen LogP contribution in [0.15, 0.2) is 31.0 Å². The normalized spacial score (nSPS) is 19.2. The van der Waals surface area contributed by atoms with Gasteiger partial charge in [0.2, 0.25) is 0 Å². The zero-order valence-electron chi connectivity index (χ0n) is 22.3. The van der Waals surface area contributed by atoms with Crippen LogP contribution >= 0.6 is 0 Å². The van der Waals surface area contributed by atoms with E-state index in [-0.39, 0.29) is 5.91 Å². The van der Waals surface area contributed by atoms with Gasteiger partial charge in [-0.05, 0) is 63.8 Å². The first-order valence-corrected chi connectivity index (χ1v) is 12.9. The monoisotopic (exact) mass is 478 g/mol. The zero-order chi connectivity index (χ0) is 25.7. The van der Waals surface area contributed by atoms with Gasteiger partial charge in [0.05, 0.1) is 23.1 Å². The van der Waals surface area contributed by atoms with E-state index in [0.29, 0.717) is 23.3 Å². The van der Waals surface area contributed by atoms with E-state index in [1.54, 1.807) is 0 Å². The minimum absolute atomic E-state index is 0.0519. The van der Waals surface area contributed by atoms with Crippen molar-refractivity contribution < 1.29 is 4.79 Å². The molecule has 2 aliphatic heterocycles. The van der Waals surface area contributed by atoms with Gasteiger partial charge < -0.3 is 15.5 Å². The molecule has 2 aromatic rings. The summed E-state index contributed by atoms with van der Waals surface area (Å²) in [5, 5.41) is 0. The number of allylic oxidation sites excluding steroid dienone is 1. The number of hydrogen-bond acceptors (Lipinski definition) is 6. The van der Waals surface area contributed by atoms with Crippen molar-refractivity contribution >= 4 is 23.0 Å². The second-order valence-electron chi connectivity index (χ2n) is 9.59. The molecule has 3 heterocycles. The quantitative estimate of drug-likeness (QED) is 0.650. The molecule has 7 heteroatoms. The van der Waals surface area contributed by atoms with Crippen LogP contribution in [0.4, 0.5) is 11.5 Å². The SMILES string of the molecule is C=C(C)c1cnc(N2CCN(C3CCN(C(=O)c4ccc(C)cc4N)CC3)C(C)C2)c(C)n1.CC. The van der Waals surface area contributed by atoms with Gasteiger partial charge in [0.15, 0.2) is 0 Å². The van der Waals surface area contributed by atoms with E-state index in [2.05, 4.69) is 28.3 Å². The predicted molar refractivity (Wildman–Crippen MR) is 146 cm³/mol. The largest absolute Gasteiger partial charge is 0.398 e. The van der Waals surface area contributed by atoms with Crippen LogP contribution in [0.25, 0.3) is 5.57 Å². The van der Waals surface area contributed by atoms with E-state index < -0.39 is 0 Å². The van der Waals surface area contributed by atoms with E-state index in [1.165, 1.54) is 0 Å². The van der Waals surface area contributed by atoms with E-state index >= 15 is 0 Å². The summed E-state index contributed by atoms with van der Waals surface area (Å²) >= 11 is 0. The van der Waals surface area contributed by atoms with Crippen LogP contribution in [0, 0.1) is 13.8 Å². The van der Waals surface area contributed by atoms with Crippen LogP contribution in [-0.4, -0.2) is 70.5 Å². The van der Waals surface area contributed by atoms with Crippen molar-refractivity contribution in [2.45, 2.75) is 66.5 Å². The number of nitrogen functional groups attached to an aromatic ring is 1. The lowest BCUT2D eigenvalue weighted by Gasteiger charge is -2.46. The van der Waals surface area contributed by atoms with Crippen LogP contribution in [0.5, 0.6) is 0 Å². The average molecular weight is 479 g/mol. The van der Waals surface area contributed by atoms with Crippen molar-refractivity contribution in [2.24, 2.45) is 0 Å². The molecule has 1 atom stereocenters. The first-order chi connectivity index (χ1) is 16.7. The fraction of sp³-hybridized carbons (Fsp3) is 0.536. The molecule has 1 unspecified atom stereocenters. The number of piperazine rings is 1. The highest BCUT2D eigenvalue weighted by atomic mass is 16.2. The third-order valence-corrected chi connectivity index (χ3v) is 6.99. The molecule has 2 aliphatic rings. The highest BCUT2D eigenvalue weighted by Gasteiger charge is 2.34. The number of hydrogen-bond donors (Lipinski definition) is 1. The fourth-order valence-corrected chi connectivity index (χ4v) is 5.15. The number of carbonyl (C=O) groups is 1. The lowest BCUT2D eigenvalue weighted by Crippen LogP contribution is -2.58. The Morgan fingerprint density at radius 2 is 1.80 bits per heavy atom. The number of benzene rings is 1. The maximum Gasteiger partial charge on any atom is 0.255 e. The Hall–Kier alpha value is -2.93. The lowest BCUT2D eigenvalue weighted by atomic mass is 9.98. The summed E-state index contributed by atoms with van der Waals surface area (Å²) in [7, 11) is 0. The van der Waals surface area contributed by atoms with Crippen LogP contribution in [0.1, 0.15) is 67.8 Å². The summed E-state index contributed by atoms with van der Waals surface area (Å²) < 4.78 is 0. The molecule has 1 aromatic carbocycles. The molecule has 0 saturated carbocycles. The summed E-state index contributed by atoms with van der Waals surface area (Å²) in [5.41, 5.74) is 11.1. The summed E-state index contributed by atoms with van der Waals surface area (Å²) in [4.78, 5) is 29.3. The first-order valence-electron chi connectivity index (χ1n) is 12.9. The third-order valence-electron chi connectivity index (χ3n) is 6.99. The van der Waals surface area contributed by atoms with Gasteiger partial charge in [-0.1, -0.05) is 26.5 Å². The number of rotatable bonds is 4. The topological polar surface area (TPSA) is 78.6 Å². The number of nitrogens with two attached hydrogens (primary N) is 1. The maximum atomic E-state index is 13.0. The van der Waals surface area contributed by atoms with Gasteiger partial charge in [0.25, 0.3) is 5.91 Å². The Kier molecular flexibility index (Phi) is 8.89. The highest BCUT2D eigenvalue weighted by Crippen LogP contribution is 2.27. The average Bonchev–Trinajstić information content (AvgIpc) is 2.85. The molecule has 0 bridgehead atoms. The molecule has 7 nitrogen and oxygen atoms in total.